The Hall–Kier alpha value is -0.920. The third-order valence-electron chi connectivity index (χ3n) is 2.05. The van der Waals surface area contributed by atoms with Crippen LogP contribution in [0.25, 0.3) is 0 Å². The van der Waals surface area contributed by atoms with Gasteiger partial charge in [-0.05, 0) is 24.3 Å². The molecule has 0 rings (SSSR count). The maximum Gasteiger partial charge on any atom is 0.145 e. The van der Waals surface area contributed by atoms with Gasteiger partial charge in [0.1, 0.15) is 12.6 Å². The minimum Gasteiger partial charge on any atom is -0.303 e. The van der Waals surface area contributed by atoms with Gasteiger partial charge in [-0.25, -0.2) is 0 Å². The number of rotatable bonds is 5. The predicted molar refractivity (Wildman–Crippen MR) is 48.8 cm³/mol. The average molecular weight is 168 g/mol. The molecule has 0 bridgehead atoms. The summed E-state index contributed by atoms with van der Waals surface area (Å²) in [5, 5.41) is 0. The van der Waals surface area contributed by atoms with Gasteiger partial charge in [-0.15, -0.1) is 0 Å². The van der Waals surface area contributed by atoms with Crippen molar-refractivity contribution in [1.29, 1.82) is 0 Å². The van der Waals surface area contributed by atoms with Crippen LogP contribution < -0.4 is 0 Å². The molecule has 12 heavy (non-hydrogen) atoms. The second-order valence-electron chi connectivity index (χ2n) is 3.16. The summed E-state index contributed by atoms with van der Waals surface area (Å²) >= 11 is 0. The molecule has 0 spiro atoms. The third-order valence-corrected chi connectivity index (χ3v) is 2.05. The summed E-state index contributed by atoms with van der Waals surface area (Å²) in [5.74, 6) is 0.427. The summed E-state index contributed by atoms with van der Waals surface area (Å²) in [6, 6.07) is 0. The number of carbonyl (C=O) groups excluding carboxylic acids is 2. The van der Waals surface area contributed by atoms with Gasteiger partial charge in [-0.2, -0.15) is 0 Å². The molecule has 0 saturated heterocycles. The van der Waals surface area contributed by atoms with Crippen LogP contribution in [0.4, 0.5) is 0 Å². The largest absolute Gasteiger partial charge is 0.303 e. The van der Waals surface area contributed by atoms with Crippen LogP contribution in [0.2, 0.25) is 0 Å². The molecule has 1 unspecified atom stereocenters. The average Bonchev–Trinajstić information content (AvgIpc) is 2.05. The van der Waals surface area contributed by atoms with Crippen molar-refractivity contribution in [3.63, 3.8) is 0 Å². The Bertz CT molecular complexity index is 180. The van der Waals surface area contributed by atoms with Crippen LogP contribution in [0.1, 0.15) is 27.2 Å². The monoisotopic (exact) mass is 168 g/mol. The van der Waals surface area contributed by atoms with E-state index in [2.05, 4.69) is 0 Å². The first-order chi connectivity index (χ1) is 5.67. The fourth-order valence-electron chi connectivity index (χ4n) is 1.27. The van der Waals surface area contributed by atoms with Gasteiger partial charge in [-0.1, -0.05) is 19.9 Å². The maximum atomic E-state index is 10.6. The lowest BCUT2D eigenvalue weighted by Gasteiger charge is -2.17. The Morgan fingerprint density at radius 2 is 1.92 bits per heavy atom. The highest BCUT2D eigenvalue weighted by Crippen LogP contribution is 2.21. The first kappa shape index (κ1) is 11.1. The lowest BCUT2D eigenvalue weighted by atomic mass is 9.86. The van der Waals surface area contributed by atoms with Crippen LogP contribution in [0.3, 0.4) is 0 Å². The van der Waals surface area contributed by atoms with Gasteiger partial charge in [0.25, 0.3) is 0 Å². The van der Waals surface area contributed by atoms with E-state index >= 15 is 0 Å². The number of aldehydes is 2. The summed E-state index contributed by atoms with van der Waals surface area (Å²) in [7, 11) is 0. The van der Waals surface area contributed by atoms with Crippen LogP contribution in [0.15, 0.2) is 11.6 Å². The summed E-state index contributed by atoms with van der Waals surface area (Å²) < 4.78 is 0. The number of carbonyl (C=O) groups is 2. The molecule has 0 aromatic heterocycles. The van der Waals surface area contributed by atoms with Crippen molar-refractivity contribution in [1.82, 2.24) is 0 Å². The van der Waals surface area contributed by atoms with Gasteiger partial charge in [0.2, 0.25) is 0 Å². The standard InChI is InChI=1S/C10H16O2/c1-4-9(7-12)10(5-6-11)8(2)3/h4,6-8,10H,5H2,1-3H3/b9-4-. The zero-order valence-electron chi connectivity index (χ0n) is 7.91. The van der Waals surface area contributed by atoms with Crippen molar-refractivity contribution in [2.75, 3.05) is 0 Å². The second-order valence-corrected chi connectivity index (χ2v) is 3.16. The van der Waals surface area contributed by atoms with E-state index in [1.54, 1.807) is 6.08 Å². The summed E-state index contributed by atoms with van der Waals surface area (Å²) in [6.07, 6.45) is 3.93. The Balaban J connectivity index is 4.47. The van der Waals surface area contributed by atoms with Crippen LogP contribution in [0, 0.1) is 11.8 Å². The van der Waals surface area contributed by atoms with Gasteiger partial charge in [0, 0.05) is 6.42 Å². The third kappa shape index (κ3) is 2.99. The minimum atomic E-state index is 0.0880. The quantitative estimate of drug-likeness (QED) is 0.464. The van der Waals surface area contributed by atoms with Crippen molar-refractivity contribution in [3.05, 3.63) is 11.6 Å². The van der Waals surface area contributed by atoms with E-state index in [-0.39, 0.29) is 5.92 Å². The topological polar surface area (TPSA) is 34.1 Å². The van der Waals surface area contributed by atoms with E-state index in [0.717, 1.165) is 18.1 Å². The molecule has 0 heterocycles. The molecule has 0 saturated carbocycles. The van der Waals surface area contributed by atoms with E-state index in [9.17, 15) is 9.59 Å². The molecule has 0 fully saturated rings. The van der Waals surface area contributed by atoms with Crippen molar-refractivity contribution in [3.8, 4) is 0 Å². The van der Waals surface area contributed by atoms with Crippen molar-refractivity contribution in [2.45, 2.75) is 27.2 Å². The van der Waals surface area contributed by atoms with E-state index < -0.39 is 0 Å². The Morgan fingerprint density at radius 1 is 1.33 bits per heavy atom. The molecule has 0 N–H and O–H groups in total. The van der Waals surface area contributed by atoms with Crippen LogP contribution in [-0.2, 0) is 9.59 Å². The molecular weight excluding hydrogens is 152 g/mol. The Morgan fingerprint density at radius 3 is 2.17 bits per heavy atom. The van der Waals surface area contributed by atoms with Gasteiger partial charge in [0.15, 0.2) is 0 Å². The molecule has 1 atom stereocenters. The number of hydrogen-bond donors (Lipinski definition) is 0. The van der Waals surface area contributed by atoms with Crippen LogP contribution in [0.5, 0.6) is 0 Å². The SMILES string of the molecule is C/C=C(/C=O)C(CC=O)C(C)C. The fraction of sp³-hybridized carbons (Fsp3) is 0.600. The van der Waals surface area contributed by atoms with Crippen molar-refractivity contribution in [2.24, 2.45) is 11.8 Å². The van der Waals surface area contributed by atoms with Crippen molar-refractivity contribution < 1.29 is 9.59 Å². The van der Waals surface area contributed by atoms with E-state index in [4.69, 9.17) is 0 Å². The molecule has 0 aromatic carbocycles. The highest BCUT2D eigenvalue weighted by molar-refractivity contribution is 5.74. The first-order valence-corrected chi connectivity index (χ1v) is 4.22. The van der Waals surface area contributed by atoms with Crippen LogP contribution in [-0.4, -0.2) is 12.6 Å². The predicted octanol–water partition coefficient (Wildman–Crippen LogP) is 1.99. The summed E-state index contributed by atoms with van der Waals surface area (Å²) in [4.78, 5) is 20.9. The molecule has 2 heteroatoms. The lowest BCUT2D eigenvalue weighted by molar-refractivity contribution is -0.109. The molecule has 68 valence electrons. The normalized spacial score (nSPS) is 14.5. The highest BCUT2D eigenvalue weighted by atomic mass is 16.1. The van der Waals surface area contributed by atoms with Gasteiger partial charge in [-0.3, -0.25) is 4.79 Å². The zero-order valence-corrected chi connectivity index (χ0v) is 7.91. The molecule has 0 aromatic rings. The summed E-state index contributed by atoms with van der Waals surface area (Å²) in [6.45, 7) is 5.85. The van der Waals surface area contributed by atoms with Gasteiger partial charge < -0.3 is 4.79 Å². The van der Waals surface area contributed by atoms with E-state index in [0.29, 0.717) is 12.3 Å². The second kappa shape index (κ2) is 5.70. The van der Waals surface area contributed by atoms with E-state index in [1.165, 1.54) is 0 Å². The van der Waals surface area contributed by atoms with Crippen LogP contribution >= 0.6 is 0 Å². The molecule has 0 amide bonds. The molecule has 0 aliphatic carbocycles. The van der Waals surface area contributed by atoms with Gasteiger partial charge in [0.05, 0.1) is 0 Å². The lowest BCUT2D eigenvalue weighted by Crippen LogP contribution is -2.13. The maximum absolute atomic E-state index is 10.6. The molecule has 0 radical (unpaired) electrons. The molecule has 0 aliphatic heterocycles. The van der Waals surface area contributed by atoms with Crippen molar-refractivity contribution >= 4 is 12.6 Å². The zero-order chi connectivity index (χ0) is 9.56. The highest BCUT2D eigenvalue weighted by Gasteiger charge is 2.16. The molecule has 0 aliphatic rings. The molecular formula is C10H16O2. The minimum absolute atomic E-state index is 0.0880. The fourth-order valence-corrected chi connectivity index (χ4v) is 1.27. The smallest absolute Gasteiger partial charge is 0.145 e. The van der Waals surface area contributed by atoms with Gasteiger partial charge >= 0.3 is 0 Å². The number of hydrogen-bond acceptors (Lipinski definition) is 2. The van der Waals surface area contributed by atoms with E-state index in [1.807, 2.05) is 20.8 Å². The summed E-state index contributed by atoms with van der Waals surface area (Å²) in [5.41, 5.74) is 0.733. The first-order valence-electron chi connectivity index (χ1n) is 4.22. The molecule has 2 nitrogen and oxygen atoms in total. The number of allylic oxidation sites excluding steroid dienone is 2. The Kier molecular flexibility index (Phi) is 5.26. The Labute approximate surface area is 73.7 Å².